The van der Waals surface area contributed by atoms with Gasteiger partial charge in [-0.15, -0.1) is 0 Å². The number of likely N-dealkylation sites (tertiary alicyclic amines) is 1. The Kier molecular flexibility index (Phi) is 4.60. The van der Waals surface area contributed by atoms with Gasteiger partial charge in [-0.1, -0.05) is 19.3 Å². The van der Waals surface area contributed by atoms with E-state index in [2.05, 4.69) is 26.3 Å². The Morgan fingerprint density at radius 3 is 2.75 bits per heavy atom. The number of piperidine rings is 1. The van der Waals surface area contributed by atoms with Crippen LogP contribution in [0.5, 0.6) is 0 Å². The Labute approximate surface area is 144 Å². The Morgan fingerprint density at radius 1 is 1.17 bits per heavy atom. The van der Waals surface area contributed by atoms with Crippen LogP contribution in [0.1, 0.15) is 50.5 Å². The molecule has 5 nitrogen and oxygen atoms in total. The summed E-state index contributed by atoms with van der Waals surface area (Å²) in [5.41, 5.74) is 9.69. The van der Waals surface area contributed by atoms with Gasteiger partial charge in [0, 0.05) is 29.9 Å². The lowest BCUT2D eigenvalue weighted by atomic mass is 9.87. The minimum absolute atomic E-state index is 0.476. The fraction of sp³-hybridized carbons (Fsp3) is 0.632. The van der Waals surface area contributed by atoms with Crippen LogP contribution >= 0.6 is 0 Å². The lowest BCUT2D eigenvalue weighted by Crippen LogP contribution is -2.39. The molecule has 1 saturated heterocycles. The first-order valence-electron chi connectivity index (χ1n) is 9.50. The number of allylic oxidation sites excluding steroid dienone is 1. The Balaban J connectivity index is 1.37. The molecule has 5 heteroatoms. The number of nitrogens with zero attached hydrogens (tertiary/aromatic N) is 2. The molecule has 1 aliphatic carbocycles. The van der Waals surface area contributed by atoms with Gasteiger partial charge >= 0.3 is 0 Å². The van der Waals surface area contributed by atoms with Crippen molar-refractivity contribution in [2.24, 2.45) is 22.6 Å². The molecule has 3 aliphatic rings. The number of aromatic nitrogens is 1. The van der Waals surface area contributed by atoms with Crippen molar-refractivity contribution in [3.05, 3.63) is 23.5 Å². The van der Waals surface area contributed by atoms with Gasteiger partial charge in [-0.2, -0.15) is 0 Å². The summed E-state index contributed by atoms with van der Waals surface area (Å²) in [6.07, 6.45) is 13.2. The quantitative estimate of drug-likeness (QED) is 0.798. The maximum atomic E-state index is 6.55. The molecule has 0 amide bonds. The monoisotopic (exact) mass is 327 g/mol. The Bertz CT molecular complexity index is 615. The number of hydrogen-bond donors (Lipinski definition) is 3. The molecule has 2 aliphatic heterocycles. The van der Waals surface area contributed by atoms with Gasteiger partial charge < -0.3 is 20.9 Å². The lowest BCUT2D eigenvalue weighted by Gasteiger charge is -2.36. The van der Waals surface area contributed by atoms with Gasteiger partial charge in [-0.05, 0) is 50.8 Å². The minimum atomic E-state index is 0.476. The number of H-pyrrole nitrogens is 1. The van der Waals surface area contributed by atoms with Crippen molar-refractivity contribution in [2.45, 2.75) is 44.9 Å². The van der Waals surface area contributed by atoms with Crippen molar-refractivity contribution >= 4 is 17.9 Å². The van der Waals surface area contributed by atoms with Gasteiger partial charge in [-0.3, -0.25) is 0 Å². The first-order valence-corrected chi connectivity index (χ1v) is 9.50. The van der Waals surface area contributed by atoms with Crippen molar-refractivity contribution in [1.82, 2.24) is 15.2 Å². The molecule has 130 valence electrons. The van der Waals surface area contributed by atoms with E-state index in [-0.39, 0.29) is 0 Å². The SMILES string of the molecule is N/C(=C1\NC=Nc2[nH]ccc21)C1CCN(CC2CCCCC2)CC1. The van der Waals surface area contributed by atoms with Gasteiger partial charge in [0.2, 0.25) is 0 Å². The van der Waals surface area contributed by atoms with Crippen LogP contribution in [0.15, 0.2) is 23.0 Å². The zero-order valence-electron chi connectivity index (χ0n) is 14.4. The van der Waals surface area contributed by atoms with Crippen LogP contribution in [0.4, 0.5) is 5.82 Å². The second kappa shape index (κ2) is 7.01. The number of nitrogens with one attached hydrogen (secondary N) is 2. The molecule has 0 radical (unpaired) electrons. The smallest absolute Gasteiger partial charge is 0.141 e. The summed E-state index contributed by atoms with van der Waals surface area (Å²) in [6, 6.07) is 2.05. The standard InChI is InChI=1S/C19H29N5/c20-17(18-16-6-9-21-19(16)23-13-22-18)15-7-10-24(11-8-15)12-14-4-2-1-3-5-14/h6,9,13-15,21H,1-5,7-8,10-12,20H2,(H,22,23)/b18-17-. The molecule has 1 aromatic heterocycles. The number of aromatic amines is 1. The normalized spacial score (nSPS) is 25.3. The van der Waals surface area contributed by atoms with E-state index in [9.17, 15) is 0 Å². The first kappa shape index (κ1) is 15.8. The Hall–Kier alpha value is -1.75. The predicted octanol–water partition coefficient (Wildman–Crippen LogP) is 3.20. The van der Waals surface area contributed by atoms with Gasteiger partial charge in [0.15, 0.2) is 0 Å². The highest BCUT2D eigenvalue weighted by atomic mass is 15.1. The van der Waals surface area contributed by atoms with E-state index < -0.39 is 0 Å². The average Bonchev–Trinajstić information content (AvgIpc) is 3.11. The van der Waals surface area contributed by atoms with E-state index in [0.29, 0.717) is 5.92 Å². The third kappa shape index (κ3) is 3.22. The summed E-state index contributed by atoms with van der Waals surface area (Å²) < 4.78 is 0. The van der Waals surface area contributed by atoms with Crippen LogP contribution in [0, 0.1) is 11.8 Å². The first-order chi connectivity index (χ1) is 11.8. The molecule has 0 atom stereocenters. The van der Waals surface area contributed by atoms with Crippen molar-refractivity contribution in [2.75, 3.05) is 19.6 Å². The summed E-state index contributed by atoms with van der Waals surface area (Å²) >= 11 is 0. The lowest BCUT2D eigenvalue weighted by molar-refractivity contribution is 0.155. The summed E-state index contributed by atoms with van der Waals surface area (Å²) in [5, 5.41) is 3.26. The molecule has 3 heterocycles. The molecular formula is C19H29N5. The molecule has 0 spiro atoms. The van der Waals surface area contributed by atoms with Crippen molar-refractivity contribution in [1.29, 1.82) is 0 Å². The fourth-order valence-corrected chi connectivity index (χ4v) is 4.51. The highest BCUT2D eigenvalue weighted by Crippen LogP contribution is 2.32. The highest BCUT2D eigenvalue weighted by molar-refractivity contribution is 5.87. The number of hydrogen-bond acceptors (Lipinski definition) is 4. The summed E-state index contributed by atoms with van der Waals surface area (Å²) in [7, 11) is 0. The van der Waals surface area contributed by atoms with Crippen molar-refractivity contribution in [3.8, 4) is 0 Å². The molecule has 2 fully saturated rings. The van der Waals surface area contributed by atoms with Crippen molar-refractivity contribution < 1.29 is 0 Å². The number of nitrogens with two attached hydrogens (primary N) is 1. The number of fused-ring (bicyclic) bond motifs is 1. The van der Waals surface area contributed by atoms with Crippen LogP contribution < -0.4 is 11.1 Å². The van der Waals surface area contributed by atoms with Gasteiger partial charge in [0.05, 0.1) is 12.0 Å². The van der Waals surface area contributed by atoms with Gasteiger partial charge in [0.1, 0.15) is 5.82 Å². The van der Waals surface area contributed by atoms with Crippen LogP contribution in [-0.4, -0.2) is 35.9 Å². The molecule has 24 heavy (non-hydrogen) atoms. The average molecular weight is 327 g/mol. The van der Waals surface area contributed by atoms with E-state index in [1.807, 2.05) is 6.20 Å². The minimum Gasteiger partial charge on any atom is -0.400 e. The molecule has 1 aromatic rings. The molecule has 4 rings (SSSR count). The molecule has 0 unspecified atom stereocenters. The van der Waals surface area contributed by atoms with Gasteiger partial charge in [0.25, 0.3) is 0 Å². The third-order valence-corrected chi connectivity index (χ3v) is 5.95. The van der Waals surface area contributed by atoms with E-state index in [1.54, 1.807) is 6.34 Å². The Morgan fingerprint density at radius 2 is 1.96 bits per heavy atom. The van der Waals surface area contributed by atoms with Gasteiger partial charge in [-0.25, -0.2) is 4.99 Å². The second-order valence-corrected chi connectivity index (χ2v) is 7.55. The fourth-order valence-electron chi connectivity index (χ4n) is 4.51. The van der Waals surface area contributed by atoms with E-state index in [4.69, 9.17) is 5.73 Å². The molecule has 0 aromatic carbocycles. The zero-order chi connectivity index (χ0) is 16.4. The van der Waals surface area contributed by atoms with E-state index in [0.717, 1.165) is 28.7 Å². The topological polar surface area (TPSA) is 69.4 Å². The summed E-state index contributed by atoms with van der Waals surface area (Å²) in [6.45, 7) is 3.67. The molecule has 0 bridgehead atoms. The highest BCUT2D eigenvalue weighted by Gasteiger charge is 2.26. The number of aliphatic imine (C=N–C) groups is 1. The molecule has 4 N–H and O–H groups in total. The molecule has 1 saturated carbocycles. The third-order valence-electron chi connectivity index (χ3n) is 5.95. The summed E-state index contributed by atoms with van der Waals surface area (Å²) in [5.74, 6) is 2.32. The van der Waals surface area contributed by atoms with E-state index in [1.165, 1.54) is 64.6 Å². The zero-order valence-corrected chi connectivity index (χ0v) is 14.4. The number of rotatable bonds is 3. The van der Waals surface area contributed by atoms with Crippen LogP contribution in [0.3, 0.4) is 0 Å². The van der Waals surface area contributed by atoms with Crippen LogP contribution in [0.25, 0.3) is 5.70 Å². The second-order valence-electron chi connectivity index (χ2n) is 7.55. The van der Waals surface area contributed by atoms with E-state index >= 15 is 0 Å². The van der Waals surface area contributed by atoms with Crippen molar-refractivity contribution in [3.63, 3.8) is 0 Å². The van der Waals surface area contributed by atoms with Crippen LogP contribution in [0.2, 0.25) is 0 Å². The molecular weight excluding hydrogens is 298 g/mol. The summed E-state index contributed by atoms with van der Waals surface area (Å²) in [4.78, 5) is 10.1. The maximum absolute atomic E-state index is 6.55. The predicted molar refractivity (Wildman–Crippen MR) is 98.9 cm³/mol. The largest absolute Gasteiger partial charge is 0.400 e. The maximum Gasteiger partial charge on any atom is 0.141 e. The van der Waals surface area contributed by atoms with Crippen LogP contribution in [-0.2, 0) is 0 Å².